The smallest absolute Gasteiger partial charge is 0.238 e. The van der Waals surface area contributed by atoms with Gasteiger partial charge in [0.15, 0.2) is 0 Å². The molecule has 0 saturated carbocycles. The van der Waals surface area contributed by atoms with Crippen LogP contribution in [0, 0.1) is 6.92 Å². The third-order valence-electron chi connectivity index (χ3n) is 3.62. The molecule has 116 valence electrons. The Morgan fingerprint density at radius 2 is 2.19 bits per heavy atom. The number of piperidine rings is 1. The minimum absolute atomic E-state index is 0.235. The van der Waals surface area contributed by atoms with Crippen LogP contribution in [0.2, 0.25) is 0 Å². The van der Waals surface area contributed by atoms with E-state index in [2.05, 4.69) is 10.3 Å². The maximum atomic E-state index is 12.3. The average molecular weight is 311 g/mol. The molecule has 7 heteroatoms. The van der Waals surface area contributed by atoms with Gasteiger partial charge in [0.25, 0.3) is 0 Å². The minimum Gasteiger partial charge on any atom is -0.351 e. The summed E-state index contributed by atoms with van der Waals surface area (Å²) in [6.45, 7) is 2.68. The Morgan fingerprint density at radius 3 is 2.81 bits per heavy atom. The molecule has 0 radical (unpaired) electrons. The van der Waals surface area contributed by atoms with Crippen molar-refractivity contribution in [2.75, 3.05) is 12.8 Å². The van der Waals surface area contributed by atoms with E-state index in [4.69, 9.17) is 0 Å². The van der Waals surface area contributed by atoms with E-state index in [9.17, 15) is 13.2 Å². The SMILES string of the molecule is Cc1ccc(CNC(=O)[C@H]2CCCCN2S(C)(=O)=O)cn1. The molecule has 0 aliphatic carbocycles. The topological polar surface area (TPSA) is 79.4 Å². The normalized spacial score (nSPS) is 20.2. The Hall–Kier alpha value is -1.47. The molecule has 1 atom stereocenters. The second-order valence-corrected chi connectivity index (χ2v) is 7.35. The molecule has 2 rings (SSSR count). The maximum Gasteiger partial charge on any atom is 0.238 e. The Bertz CT molecular complexity index is 598. The van der Waals surface area contributed by atoms with Crippen LogP contribution in [-0.2, 0) is 21.4 Å². The standard InChI is InChI=1S/C14H21N3O3S/c1-11-6-7-12(9-15-11)10-16-14(18)13-5-3-4-8-17(13)21(2,19)20/h6-7,9,13H,3-5,8,10H2,1-2H3,(H,16,18)/t13-/m1/s1. The predicted octanol–water partition coefficient (Wildman–Crippen LogP) is 0.820. The van der Waals surface area contributed by atoms with Crippen molar-refractivity contribution in [3.8, 4) is 0 Å². The van der Waals surface area contributed by atoms with Gasteiger partial charge in [-0.3, -0.25) is 9.78 Å². The summed E-state index contributed by atoms with van der Waals surface area (Å²) in [5.41, 5.74) is 1.82. The van der Waals surface area contributed by atoms with Gasteiger partial charge >= 0.3 is 0 Å². The zero-order valence-electron chi connectivity index (χ0n) is 12.4. The fourth-order valence-corrected chi connectivity index (χ4v) is 3.60. The van der Waals surface area contributed by atoms with Crippen molar-refractivity contribution in [2.24, 2.45) is 0 Å². The van der Waals surface area contributed by atoms with Crippen LogP contribution in [-0.4, -0.2) is 42.5 Å². The van der Waals surface area contributed by atoms with Gasteiger partial charge in [0.2, 0.25) is 15.9 Å². The fraction of sp³-hybridized carbons (Fsp3) is 0.571. The summed E-state index contributed by atoms with van der Waals surface area (Å²) in [5, 5.41) is 2.81. The quantitative estimate of drug-likeness (QED) is 0.893. The zero-order valence-corrected chi connectivity index (χ0v) is 13.2. The largest absolute Gasteiger partial charge is 0.351 e. The maximum absolute atomic E-state index is 12.3. The second-order valence-electron chi connectivity index (χ2n) is 5.41. The highest BCUT2D eigenvalue weighted by Crippen LogP contribution is 2.20. The van der Waals surface area contributed by atoms with Crippen molar-refractivity contribution in [1.29, 1.82) is 0 Å². The van der Waals surface area contributed by atoms with Crippen molar-refractivity contribution in [3.05, 3.63) is 29.6 Å². The third-order valence-corrected chi connectivity index (χ3v) is 4.91. The van der Waals surface area contributed by atoms with Gasteiger partial charge in [-0.1, -0.05) is 12.5 Å². The number of nitrogens with zero attached hydrogens (tertiary/aromatic N) is 2. The van der Waals surface area contributed by atoms with E-state index in [1.165, 1.54) is 4.31 Å². The highest BCUT2D eigenvalue weighted by atomic mass is 32.2. The van der Waals surface area contributed by atoms with E-state index in [0.717, 1.165) is 30.4 Å². The number of nitrogens with one attached hydrogen (secondary N) is 1. The summed E-state index contributed by atoms with van der Waals surface area (Å²) in [5.74, 6) is -0.235. The summed E-state index contributed by atoms with van der Waals surface area (Å²) in [6, 6.07) is 3.19. The number of hydrogen-bond acceptors (Lipinski definition) is 4. The van der Waals surface area contributed by atoms with Crippen molar-refractivity contribution in [1.82, 2.24) is 14.6 Å². The van der Waals surface area contributed by atoms with Gasteiger partial charge in [-0.15, -0.1) is 0 Å². The summed E-state index contributed by atoms with van der Waals surface area (Å²) < 4.78 is 24.8. The fourth-order valence-electron chi connectivity index (χ4n) is 2.47. The first-order valence-electron chi connectivity index (χ1n) is 7.04. The molecule has 21 heavy (non-hydrogen) atoms. The molecule has 1 aliphatic heterocycles. The van der Waals surface area contributed by atoms with Crippen LogP contribution < -0.4 is 5.32 Å². The van der Waals surface area contributed by atoms with E-state index in [1.807, 2.05) is 19.1 Å². The van der Waals surface area contributed by atoms with Gasteiger partial charge in [0.1, 0.15) is 6.04 Å². The first-order valence-corrected chi connectivity index (χ1v) is 8.89. The van der Waals surface area contributed by atoms with E-state index < -0.39 is 16.1 Å². The Labute approximate surface area is 125 Å². The van der Waals surface area contributed by atoms with Crippen LogP contribution in [0.5, 0.6) is 0 Å². The summed E-state index contributed by atoms with van der Waals surface area (Å²) in [4.78, 5) is 16.4. The first kappa shape index (κ1) is 15.9. The number of aryl methyl sites for hydroxylation is 1. The van der Waals surface area contributed by atoms with Crippen LogP contribution in [0.4, 0.5) is 0 Å². The molecule has 1 saturated heterocycles. The molecule has 1 aromatic heterocycles. The molecule has 1 amide bonds. The number of amides is 1. The number of carbonyl (C=O) groups is 1. The number of rotatable bonds is 4. The highest BCUT2D eigenvalue weighted by molar-refractivity contribution is 7.88. The first-order chi connectivity index (χ1) is 9.88. The number of aromatic nitrogens is 1. The summed E-state index contributed by atoms with van der Waals surface area (Å²) in [6.07, 6.45) is 5.12. The lowest BCUT2D eigenvalue weighted by Crippen LogP contribution is -2.51. The van der Waals surface area contributed by atoms with Crippen molar-refractivity contribution in [3.63, 3.8) is 0 Å². The molecule has 6 nitrogen and oxygen atoms in total. The van der Waals surface area contributed by atoms with Crippen LogP contribution in [0.15, 0.2) is 18.3 Å². The molecule has 0 bridgehead atoms. The molecule has 1 fully saturated rings. The van der Waals surface area contributed by atoms with Gasteiger partial charge in [0, 0.05) is 25.0 Å². The molecule has 2 heterocycles. The summed E-state index contributed by atoms with van der Waals surface area (Å²) >= 11 is 0. The van der Waals surface area contributed by atoms with Crippen LogP contribution >= 0.6 is 0 Å². The average Bonchev–Trinajstić information content (AvgIpc) is 2.45. The van der Waals surface area contributed by atoms with Crippen LogP contribution in [0.1, 0.15) is 30.5 Å². The van der Waals surface area contributed by atoms with Crippen molar-refractivity contribution < 1.29 is 13.2 Å². The molecule has 0 aromatic carbocycles. The number of pyridine rings is 1. The Kier molecular flexibility index (Phi) is 4.95. The second kappa shape index (κ2) is 6.53. The molecule has 1 aromatic rings. The highest BCUT2D eigenvalue weighted by Gasteiger charge is 2.34. The van der Waals surface area contributed by atoms with Crippen molar-refractivity contribution in [2.45, 2.75) is 38.8 Å². The lowest BCUT2D eigenvalue weighted by atomic mass is 10.0. The van der Waals surface area contributed by atoms with Gasteiger partial charge in [-0.05, 0) is 31.4 Å². The van der Waals surface area contributed by atoms with E-state index >= 15 is 0 Å². The van der Waals surface area contributed by atoms with Crippen LogP contribution in [0.25, 0.3) is 0 Å². The lowest BCUT2D eigenvalue weighted by molar-refractivity contribution is -0.125. The third kappa shape index (κ3) is 4.25. The molecule has 1 aliphatic rings. The van der Waals surface area contributed by atoms with Gasteiger partial charge in [-0.25, -0.2) is 8.42 Å². The number of hydrogen-bond donors (Lipinski definition) is 1. The molecule has 1 N–H and O–H groups in total. The van der Waals surface area contributed by atoms with E-state index in [0.29, 0.717) is 19.5 Å². The Morgan fingerprint density at radius 1 is 1.43 bits per heavy atom. The van der Waals surface area contributed by atoms with Crippen molar-refractivity contribution >= 4 is 15.9 Å². The van der Waals surface area contributed by atoms with E-state index in [1.54, 1.807) is 6.20 Å². The number of sulfonamides is 1. The van der Waals surface area contributed by atoms with Gasteiger partial charge < -0.3 is 5.32 Å². The van der Waals surface area contributed by atoms with Crippen LogP contribution in [0.3, 0.4) is 0 Å². The number of carbonyl (C=O) groups excluding carboxylic acids is 1. The minimum atomic E-state index is -3.35. The molecule has 0 spiro atoms. The molecule has 0 unspecified atom stereocenters. The predicted molar refractivity (Wildman–Crippen MR) is 80.0 cm³/mol. The molecular weight excluding hydrogens is 290 g/mol. The van der Waals surface area contributed by atoms with Gasteiger partial charge in [-0.2, -0.15) is 4.31 Å². The monoisotopic (exact) mass is 311 g/mol. The summed E-state index contributed by atoms with van der Waals surface area (Å²) in [7, 11) is -3.35. The molecular formula is C14H21N3O3S. The van der Waals surface area contributed by atoms with Gasteiger partial charge in [0.05, 0.1) is 6.26 Å². The zero-order chi connectivity index (χ0) is 15.5. The van der Waals surface area contributed by atoms with E-state index in [-0.39, 0.29) is 5.91 Å². The Balaban J connectivity index is 1.99. The lowest BCUT2D eigenvalue weighted by Gasteiger charge is -2.32.